The van der Waals surface area contributed by atoms with E-state index in [1.807, 2.05) is 47.4 Å². The first kappa shape index (κ1) is 26.1. The first-order valence-corrected chi connectivity index (χ1v) is 13.5. The third-order valence-corrected chi connectivity index (χ3v) is 7.86. The van der Waals surface area contributed by atoms with E-state index in [1.165, 1.54) is 4.90 Å². The summed E-state index contributed by atoms with van der Waals surface area (Å²) in [5, 5.41) is 2.32. The van der Waals surface area contributed by atoms with Gasteiger partial charge >= 0.3 is 6.01 Å². The van der Waals surface area contributed by atoms with E-state index in [2.05, 4.69) is 33.5 Å². The number of likely N-dealkylation sites (tertiary alicyclic amines) is 1. The van der Waals surface area contributed by atoms with Gasteiger partial charge in [-0.2, -0.15) is 9.97 Å². The van der Waals surface area contributed by atoms with Crippen LogP contribution >= 0.6 is 0 Å². The van der Waals surface area contributed by atoms with Gasteiger partial charge in [0, 0.05) is 44.0 Å². The van der Waals surface area contributed by atoms with Gasteiger partial charge in [-0.1, -0.05) is 49.0 Å². The number of likely N-dealkylation sites (N-methyl/N-ethyl adjacent to an activating group) is 1. The van der Waals surface area contributed by atoms with Crippen LogP contribution in [0.2, 0.25) is 0 Å². The topological polar surface area (TPSA) is 74.7 Å². The summed E-state index contributed by atoms with van der Waals surface area (Å²) >= 11 is 0. The number of ether oxygens (including phenoxy) is 1. The van der Waals surface area contributed by atoms with Crippen LogP contribution in [-0.2, 0) is 4.79 Å². The molecule has 4 aromatic rings. The van der Waals surface area contributed by atoms with Gasteiger partial charge in [-0.3, -0.25) is 9.78 Å². The molecule has 6 rings (SSSR count). The van der Waals surface area contributed by atoms with E-state index in [1.54, 1.807) is 6.20 Å². The number of piperazine rings is 1. The Labute approximate surface area is 230 Å². The highest BCUT2D eigenvalue weighted by atomic mass is 19.1. The minimum atomic E-state index is -0.985. The minimum absolute atomic E-state index is 0.0902. The number of hydrogen-bond acceptors (Lipinski definition) is 7. The van der Waals surface area contributed by atoms with Gasteiger partial charge in [-0.25, -0.2) is 8.78 Å². The van der Waals surface area contributed by atoms with Gasteiger partial charge < -0.3 is 19.4 Å². The number of fused-ring (bicyclic) bond motifs is 2. The normalized spacial score (nSPS) is 18.0. The van der Waals surface area contributed by atoms with Crippen molar-refractivity contribution in [1.82, 2.24) is 24.8 Å². The number of halogens is 2. The van der Waals surface area contributed by atoms with Gasteiger partial charge in [-0.05, 0) is 37.2 Å². The number of hydrogen-bond donors (Lipinski definition) is 0. The first-order chi connectivity index (χ1) is 19.4. The molecule has 2 saturated heterocycles. The molecule has 0 saturated carbocycles. The second kappa shape index (κ2) is 10.8. The zero-order valence-corrected chi connectivity index (χ0v) is 22.3. The van der Waals surface area contributed by atoms with E-state index < -0.39 is 17.6 Å². The number of nitrogens with zero attached hydrogens (tertiary/aromatic N) is 6. The Morgan fingerprint density at radius 3 is 2.58 bits per heavy atom. The zero-order valence-electron chi connectivity index (χ0n) is 22.3. The SMILES string of the molecule is C=C(F)C(=O)N1CCN(c2nc(OC[C@@H]3CCCN3C)nc3c(F)c(-c4cccc5ccccc45)ncc23)CC1. The predicted molar refractivity (Wildman–Crippen MR) is 150 cm³/mol. The lowest BCUT2D eigenvalue weighted by atomic mass is 10.0. The van der Waals surface area contributed by atoms with Crippen molar-refractivity contribution in [3.05, 3.63) is 66.9 Å². The zero-order chi connectivity index (χ0) is 27.8. The van der Waals surface area contributed by atoms with E-state index in [0.29, 0.717) is 36.5 Å². The number of rotatable bonds is 6. The van der Waals surface area contributed by atoms with Gasteiger partial charge in [0.05, 0.1) is 5.39 Å². The van der Waals surface area contributed by atoms with Crippen LogP contribution in [0.25, 0.3) is 32.9 Å². The molecular weight excluding hydrogens is 514 g/mol. The standard InChI is InChI=1S/C30H30F2N6O2/c1-19(31)29(39)38-15-13-37(14-16-38)28-24-17-33-26(23-11-5-8-20-7-3-4-10-22(20)23)25(32)27(24)34-30(35-28)40-18-21-9-6-12-36(21)2/h3-5,7-8,10-11,17,21H,1,6,9,12-16,18H2,2H3/t21-/m0/s1. The van der Waals surface area contributed by atoms with Crippen LogP contribution < -0.4 is 9.64 Å². The summed E-state index contributed by atoms with van der Waals surface area (Å²) < 4.78 is 35.8. The molecule has 4 heterocycles. The second-order valence-corrected chi connectivity index (χ2v) is 10.3. The molecular formula is C30H30F2N6O2. The molecule has 0 bridgehead atoms. The average molecular weight is 545 g/mol. The molecule has 2 aliphatic rings. The molecule has 0 unspecified atom stereocenters. The van der Waals surface area contributed by atoms with Gasteiger partial charge in [-0.15, -0.1) is 0 Å². The predicted octanol–water partition coefficient (Wildman–Crippen LogP) is 4.59. The lowest BCUT2D eigenvalue weighted by Crippen LogP contribution is -2.49. The Balaban J connectivity index is 1.41. The van der Waals surface area contributed by atoms with Gasteiger partial charge in [0.2, 0.25) is 0 Å². The Morgan fingerprint density at radius 2 is 1.82 bits per heavy atom. The molecule has 0 spiro atoms. The molecule has 0 aliphatic carbocycles. The van der Waals surface area contributed by atoms with Gasteiger partial charge in [0.15, 0.2) is 11.6 Å². The number of carbonyl (C=O) groups excluding carboxylic acids is 1. The van der Waals surface area contributed by atoms with E-state index >= 15 is 4.39 Å². The van der Waals surface area contributed by atoms with Crippen LogP contribution in [0.4, 0.5) is 14.6 Å². The highest BCUT2D eigenvalue weighted by Gasteiger charge is 2.28. The van der Waals surface area contributed by atoms with E-state index in [-0.39, 0.29) is 36.4 Å². The minimum Gasteiger partial charge on any atom is -0.462 e. The van der Waals surface area contributed by atoms with Crippen molar-refractivity contribution in [3.63, 3.8) is 0 Å². The Morgan fingerprint density at radius 1 is 1.05 bits per heavy atom. The molecule has 1 amide bonds. The molecule has 2 aromatic heterocycles. The maximum absolute atomic E-state index is 16.3. The summed E-state index contributed by atoms with van der Waals surface area (Å²) in [5.74, 6) is -1.78. The summed E-state index contributed by atoms with van der Waals surface area (Å²) in [4.78, 5) is 31.4. The Bertz CT molecular complexity index is 1600. The van der Waals surface area contributed by atoms with Crippen LogP contribution in [0.5, 0.6) is 6.01 Å². The summed E-state index contributed by atoms with van der Waals surface area (Å²) in [6.07, 6.45) is 3.70. The molecule has 10 heteroatoms. The third kappa shape index (κ3) is 4.83. The van der Waals surface area contributed by atoms with Gasteiger partial charge in [0.25, 0.3) is 5.91 Å². The van der Waals surface area contributed by atoms with Crippen LogP contribution in [0.15, 0.2) is 61.1 Å². The summed E-state index contributed by atoms with van der Waals surface area (Å²) in [5.41, 5.74) is 0.993. The van der Waals surface area contributed by atoms with Crippen molar-refractivity contribution in [2.45, 2.75) is 18.9 Å². The smallest absolute Gasteiger partial charge is 0.319 e. The van der Waals surface area contributed by atoms with Crippen LogP contribution in [-0.4, -0.2) is 83.1 Å². The Kier molecular flexibility index (Phi) is 7.02. The lowest BCUT2D eigenvalue weighted by Gasteiger charge is -2.35. The number of aromatic nitrogens is 3. The first-order valence-electron chi connectivity index (χ1n) is 13.5. The quantitative estimate of drug-likeness (QED) is 0.329. The van der Waals surface area contributed by atoms with Crippen molar-refractivity contribution in [2.24, 2.45) is 0 Å². The van der Waals surface area contributed by atoms with Crippen LogP contribution in [0.3, 0.4) is 0 Å². The number of pyridine rings is 1. The molecule has 2 aromatic carbocycles. The van der Waals surface area contributed by atoms with Crippen LogP contribution in [0, 0.1) is 5.82 Å². The average Bonchev–Trinajstić information content (AvgIpc) is 3.40. The van der Waals surface area contributed by atoms with E-state index in [0.717, 1.165) is 30.2 Å². The third-order valence-electron chi connectivity index (χ3n) is 7.86. The molecule has 2 aliphatic heterocycles. The number of amides is 1. The molecule has 2 fully saturated rings. The molecule has 40 heavy (non-hydrogen) atoms. The van der Waals surface area contributed by atoms with Crippen molar-refractivity contribution >= 4 is 33.4 Å². The van der Waals surface area contributed by atoms with Crippen molar-refractivity contribution in [2.75, 3.05) is 51.3 Å². The molecule has 0 radical (unpaired) electrons. The lowest BCUT2D eigenvalue weighted by molar-refractivity contribution is -0.128. The molecule has 206 valence electrons. The van der Waals surface area contributed by atoms with Crippen molar-refractivity contribution < 1.29 is 18.3 Å². The van der Waals surface area contributed by atoms with Gasteiger partial charge in [0.1, 0.15) is 23.6 Å². The summed E-state index contributed by atoms with van der Waals surface area (Å²) in [6, 6.07) is 13.8. The summed E-state index contributed by atoms with van der Waals surface area (Å²) in [6.45, 7) is 5.82. The molecule has 0 N–H and O–H groups in total. The maximum atomic E-state index is 16.3. The largest absolute Gasteiger partial charge is 0.462 e. The molecule has 1 atom stereocenters. The maximum Gasteiger partial charge on any atom is 0.319 e. The highest BCUT2D eigenvalue weighted by Crippen LogP contribution is 2.35. The molecule has 8 nitrogen and oxygen atoms in total. The number of anilines is 1. The number of benzene rings is 2. The second-order valence-electron chi connectivity index (χ2n) is 10.3. The fourth-order valence-corrected chi connectivity index (χ4v) is 5.60. The van der Waals surface area contributed by atoms with E-state index in [4.69, 9.17) is 4.74 Å². The Hall–Kier alpha value is -4.18. The monoisotopic (exact) mass is 544 g/mol. The fourth-order valence-electron chi connectivity index (χ4n) is 5.60. The fraction of sp³-hybridized carbons (Fsp3) is 0.333. The van der Waals surface area contributed by atoms with Crippen molar-refractivity contribution in [3.8, 4) is 17.3 Å². The van der Waals surface area contributed by atoms with Crippen molar-refractivity contribution in [1.29, 1.82) is 0 Å². The summed E-state index contributed by atoms with van der Waals surface area (Å²) in [7, 11) is 2.06. The highest BCUT2D eigenvalue weighted by molar-refractivity contribution is 5.99. The number of carbonyl (C=O) groups is 1. The van der Waals surface area contributed by atoms with Crippen LogP contribution in [0.1, 0.15) is 12.8 Å². The van der Waals surface area contributed by atoms with E-state index in [9.17, 15) is 9.18 Å².